The first kappa shape index (κ1) is 27.8. The molecule has 3 aromatic carbocycles. The summed E-state index contributed by atoms with van der Waals surface area (Å²) in [7, 11) is 2.87. The van der Waals surface area contributed by atoms with Crippen LogP contribution in [0.25, 0.3) is 5.76 Å². The number of Topliss-reactive ketones (excluding diaryl/α,β-unsaturated/α-hetero) is 1. The van der Waals surface area contributed by atoms with Crippen LogP contribution in [0, 0.1) is 0 Å². The van der Waals surface area contributed by atoms with E-state index in [-0.39, 0.29) is 28.0 Å². The lowest BCUT2D eigenvalue weighted by Gasteiger charge is -2.26. The number of carbonyl (C=O) groups excluding carboxylic acids is 2. The van der Waals surface area contributed by atoms with Gasteiger partial charge in [-0.05, 0) is 65.1 Å². The Hall–Kier alpha value is -4.27. The molecule has 1 fully saturated rings. The highest BCUT2D eigenvalue weighted by molar-refractivity contribution is 6.51. The summed E-state index contributed by atoms with van der Waals surface area (Å²) in [6, 6.07) is 14.6. The maximum absolute atomic E-state index is 13.5. The number of amides is 1. The molecule has 204 valence electrons. The molecule has 0 bridgehead atoms. The summed E-state index contributed by atoms with van der Waals surface area (Å²) in [5, 5.41) is 11.6. The number of aliphatic hydroxyl groups excluding tert-OH is 1. The molecule has 0 saturated carbocycles. The number of benzene rings is 3. The summed E-state index contributed by atoms with van der Waals surface area (Å²) in [5.74, 6) is -1.72. The fraction of sp³-hybridized carbons (Fsp3) is 0.267. The van der Waals surface area contributed by atoms with Gasteiger partial charge in [0.05, 0.1) is 37.0 Å². The third kappa shape index (κ3) is 5.21. The van der Waals surface area contributed by atoms with Crippen molar-refractivity contribution in [3.8, 4) is 11.5 Å². The lowest BCUT2D eigenvalue weighted by molar-refractivity contribution is -0.137. The predicted octanol–water partition coefficient (Wildman–Crippen LogP) is 6.65. The van der Waals surface area contributed by atoms with Crippen molar-refractivity contribution in [3.05, 3.63) is 94.6 Å². The summed E-state index contributed by atoms with van der Waals surface area (Å²) in [6.45, 7) is 5.95. The molecule has 6 nitrogen and oxygen atoms in total. The molecule has 39 heavy (non-hydrogen) atoms. The van der Waals surface area contributed by atoms with Crippen molar-refractivity contribution in [2.24, 2.45) is 0 Å². The first-order valence-corrected chi connectivity index (χ1v) is 12.1. The average Bonchev–Trinajstić information content (AvgIpc) is 3.17. The molecule has 4 rings (SSSR count). The zero-order chi connectivity index (χ0) is 28.7. The maximum atomic E-state index is 13.5. The topological polar surface area (TPSA) is 76.1 Å². The van der Waals surface area contributed by atoms with Gasteiger partial charge in [-0.1, -0.05) is 39.0 Å². The molecule has 0 spiro atoms. The van der Waals surface area contributed by atoms with Gasteiger partial charge in [-0.15, -0.1) is 0 Å². The molecular formula is C30H28F3NO5. The van der Waals surface area contributed by atoms with Crippen molar-refractivity contribution in [1.82, 2.24) is 0 Å². The van der Waals surface area contributed by atoms with Crippen LogP contribution in [-0.4, -0.2) is 31.0 Å². The quantitative estimate of drug-likeness (QED) is 0.223. The van der Waals surface area contributed by atoms with Crippen molar-refractivity contribution in [3.63, 3.8) is 0 Å². The Balaban J connectivity index is 1.98. The van der Waals surface area contributed by atoms with Crippen LogP contribution >= 0.6 is 0 Å². The van der Waals surface area contributed by atoms with E-state index >= 15 is 0 Å². The van der Waals surface area contributed by atoms with Gasteiger partial charge in [0.2, 0.25) is 0 Å². The van der Waals surface area contributed by atoms with E-state index in [1.165, 1.54) is 14.2 Å². The number of ether oxygens (including phenoxy) is 2. The minimum absolute atomic E-state index is 0.0624. The van der Waals surface area contributed by atoms with Crippen molar-refractivity contribution in [2.75, 3.05) is 19.1 Å². The van der Waals surface area contributed by atoms with E-state index in [1.54, 1.807) is 36.4 Å². The molecule has 1 unspecified atom stereocenters. The van der Waals surface area contributed by atoms with E-state index in [0.717, 1.165) is 34.7 Å². The molecule has 1 aliphatic rings. The van der Waals surface area contributed by atoms with Crippen LogP contribution in [0.3, 0.4) is 0 Å². The molecule has 0 aliphatic carbocycles. The van der Waals surface area contributed by atoms with Gasteiger partial charge in [-0.3, -0.25) is 14.5 Å². The van der Waals surface area contributed by atoms with Crippen LogP contribution in [0.15, 0.2) is 72.3 Å². The monoisotopic (exact) mass is 539 g/mol. The van der Waals surface area contributed by atoms with Crippen LogP contribution in [-0.2, 0) is 21.2 Å². The van der Waals surface area contributed by atoms with Crippen LogP contribution < -0.4 is 14.4 Å². The summed E-state index contributed by atoms with van der Waals surface area (Å²) in [6.07, 6.45) is -4.58. The van der Waals surface area contributed by atoms with E-state index in [2.05, 4.69) is 0 Å². The van der Waals surface area contributed by atoms with E-state index in [9.17, 15) is 27.9 Å². The van der Waals surface area contributed by atoms with Gasteiger partial charge in [0.25, 0.3) is 11.7 Å². The zero-order valence-electron chi connectivity index (χ0n) is 22.1. The van der Waals surface area contributed by atoms with Gasteiger partial charge >= 0.3 is 6.18 Å². The van der Waals surface area contributed by atoms with E-state index in [0.29, 0.717) is 11.3 Å². The SMILES string of the molecule is COc1cccc(C2/C(=C(\O)c3cc(C(C)(C)C)ccc3OC)C(=O)C(=O)N2c2ccc(C(F)(F)F)cc2)c1. The smallest absolute Gasteiger partial charge is 0.416 e. The minimum atomic E-state index is -4.58. The van der Waals surface area contributed by atoms with Crippen molar-refractivity contribution in [1.29, 1.82) is 0 Å². The average molecular weight is 540 g/mol. The zero-order valence-corrected chi connectivity index (χ0v) is 22.1. The summed E-state index contributed by atoms with van der Waals surface area (Å²) < 4.78 is 50.4. The third-order valence-corrected chi connectivity index (χ3v) is 6.65. The van der Waals surface area contributed by atoms with Gasteiger partial charge in [0.15, 0.2) is 0 Å². The number of ketones is 1. The van der Waals surface area contributed by atoms with E-state index in [4.69, 9.17) is 9.47 Å². The van der Waals surface area contributed by atoms with Gasteiger partial charge in [-0.25, -0.2) is 0 Å². The molecule has 3 aromatic rings. The second kappa shape index (κ2) is 10.1. The minimum Gasteiger partial charge on any atom is -0.507 e. The van der Waals surface area contributed by atoms with Crippen molar-refractivity contribution >= 4 is 23.1 Å². The molecule has 1 amide bonds. The van der Waals surface area contributed by atoms with E-state index < -0.39 is 35.2 Å². The lowest BCUT2D eigenvalue weighted by atomic mass is 9.85. The molecule has 1 saturated heterocycles. The second-order valence-corrected chi connectivity index (χ2v) is 10.2. The molecule has 1 atom stereocenters. The first-order chi connectivity index (χ1) is 18.3. The number of aliphatic hydroxyl groups is 1. The molecule has 1 N–H and O–H groups in total. The second-order valence-electron chi connectivity index (χ2n) is 10.2. The first-order valence-electron chi connectivity index (χ1n) is 12.1. The number of anilines is 1. The number of halogens is 3. The Kier molecular flexibility index (Phi) is 7.21. The van der Waals surface area contributed by atoms with Crippen LogP contribution in [0.5, 0.6) is 11.5 Å². The third-order valence-electron chi connectivity index (χ3n) is 6.65. The Morgan fingerprint density at radius 1 is 0.872 bits per heavy atom. The maximum Gasteiger partial charge on any atom is 0.416 e. The van der Waals surface area contributed by atoms with Gasteiger partial charge in [0, 0.05) is 5.69 Å². The molecule has 9 heteroatoms. The number of carbonyl (C=O) groups is 2. The number of methoxy groups -OCH3 is 2. The van der Waals surface area contributed by atoms with E-state index in [1.807, 2.05) is 26.8 Å². The molecule has 1 heterocycles. The summed E-state index contributed by atoms with van der Waals surface area (Å²) >= 11 is 0. The number of hydrogen-bond acceptors (Lipinski definition) is 5. The number of rotatable bonds is 5. The Labute approximate surface area is 224 Å². The Morgan fingerprint density at radius 2 is 1.51 bits per heavy atom. The molecule has 1 aliphatic heterocycles. The van der Waals surface area contributed by atoms with Crippen LogP contribution in [0.4, 0.5) is 18.9 Å². The van der Waals surface area contributed by atoms with Crippen molar-refractivity contribution in [2.45, 2.75) is 38.4 Å². The highest BCUT2D eigenvalue weighted by atomic mass is 19.4. The highest BCUT2D eigenvalue weighted by Crippen LogP contribution is 2.45. The Bertz CT molecular complexity index is 1450. The normalized spacial score (nSPS) is 17.4. The van der Waals surface area contributed by atoms with Gasteiger partial charge < -0.3 is 14.6 Å². The van der Waals surface area contributed by atoms with Gasteiger partial charge in [0.1, 0.15) is 17.3 Å². The highest BCUT2D eigenvalue weighted by Gasteiger charge is 2.47. The fourth-order valence-electron chi connectivity index (χ4n) is 4.54. The molecular weight excluding hydrogens is 511 g/mol. The van der Waals surface area contributed by atoms with Crippen LogP contribution in [0.2, 0.25) is 0 Å². The molecule has 0 radical (unpaired) electrons. The molecule has 0 aromatic heterocycles. The summed E-state index contributed by atoms with van der Waals surface area (Å²) in [5.41, 5.74) is 0.109. The fourth-order valence-corrected chi connectivity index (χ4v) is 4.54. The summed E-state index contributed by atoms with van der Waals surface area (Å²) in [4.78, 5) is 28.0. The number of hydrogen-bond donors (Lipinski definition) is 1. The number of alkyl halides is 3. The van der Waals surface area contributed by atoms with Crippen molar-refractivity contribution < 1.29 is 37.3 Å². The number of nitrogens with zero attached hydrogens (tertiary/aromatic N) is 1. The van der Waals surface area contributed by atoms with Crippen LogP contribution in [0.1, 0.15) is 49.1 Å². The largest absolute Gasteiger partial charge is 0.507 e. The predicted molar refractivity (Wildman–Crippen MR) is 141 cm³/mol. The van der Waals surface area contributed by atoms with Gasteiger partial charge in [-0.2, -0.15) is 13.2 Å². The Morgan fingerprint density at radius 3 is 2.08 bits per heavy atom. The standard InChI is InChI=1S/C30H28F3NO5/c1-29(2,3)19-11-14-23(39-5)22(16-19)26(35)24-25(17-7-6-8-21(15-17)38-4)34(28(37)27(24)36)20-12-9-18(10-13-20)30(31,32)33/h6-16,25,35H,1-5H3/b26-24+. The lowest BCUT2D eigenvalue weighted by Crippen LogP contribution is -2.29.